The minimum atomic E-state index is -0.0484. The van der Waals surface area contributed by atoms with E-state index in [1.54, 1.807) is 0 Å². The van der Waals surface area contributed by atoms with Crippen LogP contribution in [-0.2, 0) is 4.79 Å². The summed E-state index contributed by atoms with van der Waals surface area (Å²) >= 11 is 0. The van der Waals surface area contributed by atoms with Gasteiger partial charge in [0.2, 0.25) is 5.91 Å². The summed E-state index contributed by atoms with van der Waals surface area (Å²) in [7, 11) is 0. The molecule has 1 aliphatic heterocycles. The molecule has 1 heterocycles. The van der Waals surface area contributed by atoms with Crippen molar-refractivity contribution < 1.29 is 4.79 Å². The van der Waals surface area contributed by atoms with Crippen LogP contribution in [0.25, 0.3) is 0 Å². The zero-order valence-electron chi connectivity index (χ0n) is 12.7. The Bertz CT molecular complexity index is 436. The molecule has 3 heteroatoms. The molecule has 1 N–H and O–H groups in total. The Labute approximate surface area is 122 Å². The number of nitrogens with zero attached hydrogens (tertiary/aromatic N) is 1. The fourth-order valence-electron chi connectivity index (χ4n) is 2.78. The van der Waals surface area contributed by atoms with E-state index in [0.29, 0.717) is 0 Å². The van der Waals surface area contributed by atoms with Gasteiger partial charge in [0.15, 0.2) is 0 Å². The van der Waals surface area contributed by atoms with Crippen molar-refractivity contribution in [1.29, 1.82) is 0 Å². The molecular formula is C17H26N2O. The second-order valence-electron chi connectivity index (χ2n) is 5.78. The maximum Gasteiger partial charge on any atom is 0.241 e. The van der Waals surface area contributed by atoms with Gasteiger partial charge in [-0.3, -0.25) is 9.69 Å². The van der Waals surface area contributed by atoms with E-state index < -0.39 is 0 Å². The SMILES string of the molecule is Cc1ccccc1NC(=O)C(C)N1CCCCCCC1. The van der Waals surface area contributed by atoms with Crippen molar-refractivity contribution in [2.75, 3.05) is 18.4 Å². The van der Waals surface area contributed by atoms with E-state index in [0.717, 1.165) is 24.3 Å². The molecule has 0 radical (unpaired) electrons. The number of aryl methyl sites for hydroxylation is 1. The molecule has 1 aromatic carbocycles. The van der Waals surface area contributed by atoms with Gasteiger partial charge in [0.05, 0.1) is 6.04 Å². The number of para-hydroxylation sites is 1. The number of nitrogens with one attached hydrogen (secondary N) is 1. The van der Waals surface area contributed by atoms with Gasteiger partial charge in [-0.05, 0) is 51.4 Å². The molecule has 1 fully saturated rings. The number of hydrogen-bond acceptors (Lipinski definition) is 2. The number of carbonyl (C=O) groups excluding carboxylic acids is 1. The minimum Gasteiger partial charge on any atom is -0.324 e. The Kier molecular flexibility index (Phi) is 5.60. The predicted octanol–water partition coefficient (Wildman–Crippen LogP) is 3.59. The number of rotatable bonds is 3. The van der Waals surface area contributed by atoms with Gasteiger partial charge >= 0.3 is 0 Å². The summed E-state index contributed by atoms with van der Waals surface area (Å²) < 4.78 is 0. The van der Waals surface area contributed by atoms with Crippen molar-refractivity contribution in [1.82, 2.24) is 4.90 Å². The fourth-order valence-corrected chi connectivity index (χ4v) is 2.78. The van der Waals surface area contributed by atoms with Gasteiger partial charge in [0.25, 0.3) is 0 Å². The number of amides is 1. The van der Waals surface area contributed by atoms with E-state index in [1.807, 2.05) is 38.1 Å². The van der Waals surface area contributed by atoms with Crippen LogP contribution in [0.5, 0.6) is 0 Å². The maximum absolute atomic E-state index is 12.4. The maximum atomic E-state index is 12.4. The van der Waals surface area contributed by atoms with Crippen LogP contribution >= 0.6 is 0 Å². The van der Waals surface area contributed by atoms with Gasteiger partial charge in [-0.1, -0.05) is 37.5 Å². The number of hydrogen-bond donors (Lipinski definition) is 1. The van der Waals surface area contributed by atoms with Crippen LogP contribution < -0.4 is 5.32 Å². The Morgan fingerprint density at radius 2 is 1.70 bits per heavy atom. The summed E-state index contributed by atoms with van der Waals surface area (Å²) in [4.78, 5) is 14.7. The van der Waals surface area contributed by atoms with Gasteiger partial charge in [-0.25, -0.2) is 0 Å². The summed E-state index contributed by atoms with van der Waals surface area (Å²) in [6, 6.07) is 7.90. The number of carbonyl (C=O) groups is 1. The molecule has 1 unspecified atom stereocenters. The van der Waals surface area contributed by atoms with Crippen molar-refractivity contribution in [3.63, 3.8) is 0 Å². The second-order valence-corrected chi connectivity index (χ2v) is 5.78. The van der Waals surface area contributed by atoms with Crippen molar-refractivity contribution in [3.05, 3.63) is 29.8 Å². The third-order valence-electron chi connectivity index (χ3n) is 4.22. The molecule has 1 amide bonds. The predicted molar refractivity (Wildman–Crippen MR) is 83.9 cm³/mol. The van der Waals surface area contributed by atoms with Crippen LogP contribution in [0.4, 0.5) is 5.69 Å². The van der Waals surface area contributed by atoms with Crippen LogP contribution in [0.15, 0.2) is 24.3 Å². The van der Waals surface area contributed by atoms with E-state index in [9.17, 15) is 4.79 Å². The van der Waals surface area contributed by atoms with Crippen LogP contribution in [0.3, 0.4) is 0 Å². The molecule has 20 heavy (non-hydrogen) atoms. The van der Waals surface area contributed by atoms with Crippen LogP contribution in [0.1, 0.15) is 44.6 Å². The Balaban J connectivity index is 1.95. The van der Waals surface area contributed by atoms with Crippen LogP contribution in [-0.4, -0.2) is 29.9 Å². The highest BCUT2D eigenvalue weighted by molar-refractivity contribution is 5.95. The molecule has 1 atom stereocenters. The zero-order valence-corrected chi connectivity index (χ0v) is 12.7. The average molecular weight is 274 g/mol. The first-order chi connectivity index (χ1) is 9.68. The lowest BCUT2D eigenvalue weighted by Gasteiger charge is -2.29. The molecule has 1 aliphatic rings. The topological polar surface area (TPSA) is 32.3 Å². The molecular weight excluding hydrogens is 248 g/mol. The summed E-state index contributed by atoms with van der Waals surface area (Å²) in [5.74, 6) is 0.111. The summed E-state index contributed by atoms with van der Waals surface area (Å²) in [5.41, 5.74) is 2.04. The second kappa shape index (κ2) is 7.44. The van der Waals surface area contributed by atoms with Crippen molar-refractivity contribution >= 4 is 11.6 Å². The van der Waals surface area contributed by atoms with Gasteiger partial charge < -0.3 is 5.32 Å². The molecule has 1 saturated heterocycles. The fraction of sp³-hybridized carbons (Fsp3) is 0.588. The highest BCUT2D eigenvalue weighted by atomic mass is 16.2. The van der Waals surface area contributed by atoms with Crippen LogP contribution in [0, 0.1) is 6.92 Å². The number of likely N-dealkylation sites (tertiary alicyclic amines) is 1. The largest absolute Gasteiger partial charge is 0.324 e. The number of anilines is 1. The minimum absolute atomic E-state index is 0.0484. The van der Waals surface area contributed by atoms with E-state index >= 15 is 0 Å². The van der Waals surface area contributed by atoms with Gasteiger partial charge in [-0.15, -0.1) is 0 Å². The Morgan fingerprint density at radius 3 is 2.35 bits per heavy atom. The van der Waals surface area contributed by atoms with E-state index in [4.69, 9.17) is 0 Å². The quantitative estimate of drug-likeness (QED) is 0.913. The van der Waals surface area contributed by atoms with Crippen molar-refractivity contribution in [2.24, 2.45) is 0 Å². The van der Waals surface area contributed by atoms with Crippen molar-refractivity contribution in [2.45, 2.75) is 52.0 Å². The lowest BCUT2D eigenvalue weighted by Crippen LogP contribution is -2.43. The lowest BCUT2D eigenvalue weighted by atomic mass is 10.1. The molecule has 0 spiro atoms. The summed E-state index contributed by atoms with van der Waals surface area (Å²) in [5, 5.41) is 3.06. The number of benzene rings is 1. The molecule has 2 rings (SSSR count). The van der Waals surface area contributed by atoms with E-state index in [2.05, 4.69) is 10.2 Å². The first-order valence-electron chi connectivity index (χ1n) is 7.79. The molecule has 1 aromatic rings. The Morgan fingerprint density at radius 1 is 1.10 bits per heavy atom. The molecule has 0 aromatic heterocycles. The lowest BCUT2D eigenvalue weighted by molar-refractivity contribution is -0.120. The summed E-state index contributed by atoms with van der Waals surface area (Å²) in [6.07, 6.45) is 6.35. The van der Waals surface area contributed by atoms with Crippen molar-refractivity contribution in [3.8, 4) is 0 Å². The third kappa shape index (κ3) is 4.07. The Hall–Kier alpha value is -1.35. The first-order valence-corrected chi connectivity index (χ1v) is 7.79. The third-order valence-corrected chi connectivity index (χ3v) is 4.22. The zero-order chi connectivity index (χ0) is 14.4. The molecule has 0 bridgehead atoms. The smallest absolute Gasteiger partial charge is 0.241 e. The van der Waals surface area contributed by atoms with Gasteiger partial charge in [0, 0.05) is 5.69 Å². The summed E-state index contributed by atoms with van der Waals surface area (Å²) in [6.45, 7) is 6.14. The van der Waals surface area contributed by atoms with E-state index in [-0.39, 0.29) is 11.9 Å². The molecule has 0 aliphatic carbocycles. The molecule has 0 saturated carbocycles. The standard InChI is InChI=1S/C17H26N2O/c1-14-10-6-7-11-16(14)18-17(20)15(2)19-12-8-4-3-5-9-13-19/h6-7,10-11,15H,3-5,8-9,12-13H2,1-2H3,(H,18,20). The van der Waals surface area contributed by atoms with Gasteiger partial charge in [0.1, 0.15) is 0 Å². The normalized spacial score (nSPS) is 18.9. The molecule has 110 valence electrons. The first kappa shape index (κ1) is 15.0. The highest BCUT2D eigenvalue weighted by Crippen LogP contribution is 2.16. The van der Waals surface area contributed by atoms with Gasteiger partial charge in [-0.2, -0.15) is 0 Å². The monoisotopic (exact) mass is 274 g/mol. The van der Waals surface area contributed by atoms with E-state index in [1.165, 1.54) is 32.1 Å². The van der Waals surface area contributed by atoms with Crippen LogP contribution in [0.2, 0.25) is 0 Å². The highest BCUT2D eigenvalue weighted by Gasteiger charge is 2.21. The molecule has 3 nitrogen and oxygen atoms in total. The average Bonchev–Trinajstić information content (AvgIpc) is 2.40.